The first-order valence-electron chi connectivity index (χ1n) is 9.07. The van der Waals surface area contributed by atoms with Crippen LogP contribution >= 0.6 is 0 Å². The zero-order valence-electron chi connectivity index (χ0n) is 15.2. The Morgan fingerprint density at radius 1 is 0.750 bits per heavy atom. The molecule has 4 rings (SSSR count). The summed E-state index contributed by atoms with van der Waals surface area (Å²) in [5.74, 6) is 1.66. The second-order valence-corrected chi connectivity index (χ2v) is 6.16. The predicted molar refractivity (Wildman–Crippen MR) is 112 cm³/mol. The smallest absolute Gasteiger partial charge is 0.247 e. The minimum atomic E-state index is 0.468. The van der Waals surface area contributed by atoms with Crippen LogP contribution in [0.25, 0.3) is 0 Å². The lowest BCUT2D eigenvalue weighted by Crippen LogP contribution is -2.05. The highest BCUT2D eigenvalue weighted by molar-refractivity contribution is 5.58. The fourth-order valence-corrected chi connectivity index (χ4v) is 2.67. The summed E-state index contributed by atoms with van der Waals surface area (Å²) in [6.45, 7) is 0.654. The third kappa shape index (κ3) is 4.65. The van der Waals surface area contributed by atoms with E-state index in [0.29, 0.717) is 18.4 Å². The molecule has 0 aliphatic heterocycles. The van der Waals surface area contributed by atoms with Crippen LogP contribution in [-0.4, -0.2) is 9.97 Å². The number of aromatic nitrogens is 2. The summed E-state index contributed by atoms with van der Waals surface area (Å²) in [5.41, 5.74) is 2.81. The van der Waals surface area contributed by atoms with Gasteiger partial charge < -0.3 is 15.4 Å². The number of nitrogens with one attached hydrogen (secondary N) is 2. The van der Waals surface area contributed by atoms with Crippen LogP contribution in [0.2, 0.25) is 0 Å². The van der Waals surface area contributed by atoms with E-state index < -0.39 is 0 Å². The van der Waals surface area contributed by atoms with Crippen molar-refractivity contribution in [2.24, 2.45) is 0 Å². The molecule has 0 aliphatic rings. The van der Waals surface area contributed by atoms with Gasteiger partial charge in [-0.2, -0.15) is 4.98 Å². The van der Waals surface area contributed by atoms with Gasteiger partial charge in [0, 0.05) is 12.2 Å². The number of ether oxygens (including phenoxy) is 1. The van der Waals surface area contributed by atoms with Crippen LogP contribution in [0.5, 0.6) is 11.6 Å². The summed E-state index contributed by atoms with van der Waals surface area (Å²) in [6.07, 6.45) is 1.74. The van der Waals surface area contributed by atoms with Gasteiger partial charge >= 0.3 is 0 Å². The van der Waals surface area contributed by atoms with Crippen molar-refractivity contribution in [1.29, 1.82) is 0 Å². The molecular weight excluding hydrogens is 348 g/mol. The van der Waals surface area contributed by atoms with E-state index in [0.717, 1.165) is 17.1 Å². The van der Waals surface area contributed by atoms with Gasteiger partial charge in [-0.15, -0.1) is 0 Å². The van der Waals surface area contributed by atoms with Crippen molar-refractivity contribution in [3.8, 4) is 11.6 Å². The largest absolute Gasteiger partial charge is 0.437 e. The molecule has 28 heavy (non-hydrogen) atoms. The Morgan fingerprint density at radius 2 is 1.39 bits per heavy atom. The first kappa shape index (κ1) is 17.5. The van der Waals surface area contributed by atoms with Crippen molar-refractivity contribution >= 4 is 17.3 Å². The van der Waals surface area contributed by atoms with E-state index >= 15 is 0 Å². The van der Waals surface area contributed by atoms with E-state index in [-0.39, 0.29) is 0 Å². The maximum absolute atomic E-state index is 6.02. The molecule has 0 radical (unpaired) electrons. The number of benzene rings is 3. The van der Waals surface area contributed by atoms with Gasteiger partial charge in [-0.05, 0) is 29.8 Å². The summed E-state index contributed by atoms with van der Waals surface area (Å²) in [7, 11) is 0. The summed E-state index contributed by atoms with van der Waals surface area (Å²) in [6, 6.07) is 29.6. The molecule has 0 saturated heterocycles. The second-order valence-electron chi connectivity index (χ2n) is 6.16. The minimum absolute atomic E-state index is 0.468. The van der Waals surface area contributed by atoms with Gasteiger partial charge in [0.1, 0.15) is 11.4 Å². The molecule has 2 N–H and O–H groups in total. The monoisotopic (exact) mass is 368 g/mol. The number of nitrogens with zero attached hydrogens (tertiary/aromatic N) is 2. The lowest BCUT2D eigenvalue weighted by atomic mass is 10.2. The van der Waals surface area contributed by atoms with Crippen LogP contribution in [0.3, 0.4) is 0 Å². The fourth-order valence-electron chi connectivity index (χ4n) is 2.67. The number of anilines is 3. The molecule has 5 nitrogen and oxygen atoms in total. The summed E-state index contributed by atoms with van der Waals surface area (Å²) in [5, 5.41) is 6.56. The van der Waals surface area contributed by atoms with Gasteiger partial charge in [0.25, 0.3) is 0 Å². The molecule has 0 atom stereocenters. The van der Waals surface area contributed by atoms with E-state index in [2.05, 4.69) is 32.7 Å². The molecule has 5 heteroatoms. The zero-order chi connectivity index (χ0) is 19.0. The maximum Gasteiger partial charge on any atom is 0.247 e. The Morgan fingerprint density at radius 3 is 2.11 bits per heavy atom. The average Bonchev–Trinajstić information content (AvgIpc) is 2.75. The van der Waals surface area contributed by atoms with Gasteiger partial charge in [0.05, 0.1) is 6.20 Å². The standard InChI is InChI=1S/C23H20N4O/c1-4-10-18(11-5-1)16-24-21-17-25-23(26-19-12-6-2-7-13-19)27-22(21)28-20-14-8-3-9-15-20/h1-15,17,24H,16H2,(H,25,26,27). The van der Waals surface area contributed by atoms with Crippen molar-refractivity contribution in [2.75, 3.05) is 10.6 Å². The van der Waals surface area contributed by atoms with Gasteiger partial charge in [-0.3, -0.25) is 0 Å². The Bertz CT molecular complexity index is 1010. The third-order valence-corrected chi connectivity index (χ3v) is 4.07. The highest BCUT2D eigenvalue weighted by Gasteiger charge is 2.10. The number of hydrogen-bond donors (Lipinski definition) is 2. The average molecular weight is 368 g/mol. The van der Waals surface area contributed by atoms with Crippen LogP contribution in [0.4, 0.5) is 17.3 Å². The quantitative estimate of drug-likeness (QED) is 0.443. The van der Waals surface area contributed by atoms with Gasteiger partial charge in [0.2, 0.25) is 11.8 Å². The molecule has 138 valence electrons. The molecule has 0 fully saturated rings. The molecular formula is C23H20N4O. The Balaban J connectivity index is 1.58. The molecule has 1 heterocycles. The van der Waals surface area contributed by atoms with Crippen LogP contribution < -0.4 is 15.4 Å². The summed E-state index contributed by atoms with van der Waals surface area (Å²) < 4.78 is 6.02. The van der Waals surface area contributed by atoms with Gasteiger partial charge in [-0.1, -0.05) is 66.7 Å². The topological polar surface area (TPSA) is 59.1 Å². The van der Waals surface area contributed by atoms with E-state index in [4.69, 9.17) is 4.74 Å². The van der Waals surface area contributed by atoms with Crippen LogP contribution in [0.15, 0.2) is 97.2 Å². The number of hydrogen-bond acceptors (Lipinski definition) is 5. The molecule has 3 aromatic carbocycles. The lowest BCUT2D eigenvalue weighted by molar-refractivity contribution is 0.464. The van der Waals surface area contributed by atoms with Crippen molar-refractivity contribution in [1.82, 2.24) is 9.97 Å². The van der Waals surface area contributed by atoms with Gasteiger partial charge in [0.15, 0.2) is 0 Å². The van der Waals surface area contributed by atoms with Crippen molar-refractivity contribution in [2.45, 2.75) is 6.54 Å². The van der Waals surface area contributed by atoms with Crippen molar-refractivity contribution in [3.63, 3.8) is 0 Å². The molecule has 0 spiro atoms. The first-order chi connectivity index (χ1) is 13.9. The Kier molecular flexibility index (Phi) is 5.44. The van der Waals surface area contributed by atoms with Crippen LogP contribution in [0, 0.1) is 0 Å². The molecule has 0 bridgehead atoms. The molecule has 1 aromatic heterocycles. The molecule has 0 aliphatic carbocycles. The Labute approximate surface area is 164 Å². The second kappa shape index (κ2) is 8.68. The van der Waals surface area contributed by atoms with Crippen LogP contribution in [0.1, 0.15) is 5.56 Å². The van der Waals surface area contributed by atoms with E-state index in [1.807, 2.05) is 78.9 Å². The van der Waals surface area contributed by atoms with E-state index in [1.165, 1.54) is 5.56 Å². The Hall–Kier alpha value is -3.86. The van der Waals surface area contributed by atoms with E-state index in [9.17, 15) is 0 Å². The van der Waals surface area contributed by atoms with E-state index in [1.54, 1.807) is 6.20 Å². The normalized spacial score (nSPS) is 10.3. The first-order valence-corrected chi connectivity index (χ1v) is 9.07. The molecule has 0 saturated carbocycles. The molecule has 0 amide bonds. The van der Waals surface area contributed by atoms with Crippen LogP contribution in [-0.2, 0) is 6.54 Å². The minimum Gasteiger partial charge on any atom is -0.437 e. The molecule has 0 unspecified atom stereocenters. The predicted octanol–water partition coefficient (Wildman–Crippen LogP) is 5.62. The van der Waals surface area contributed by atoms with Gasteiger partial charge in [-0.25, -0.2) is 4.98 Å². The zero-order valence-corrected chi connectivity index (χ0v) is 15.2. The highest BCUT2D eigenvalue weighted by Crippen LogP contribution is 2.29. The number of rotatable bonds is 7. The molecule has 4 aromatic rings. The SMILES string of the molecule is c1ccc(CNc2cnc(Nc3ccccc3)nc2Oc2ccccc2)cc1. The highest BCUT2D eigenvalue weighted by atomic mass is 16.5. The van der Waals surface area contributed by atoms with Crippen molar-refractivity contribution < 1.29 is 4.74 Å². The lowest BCUT2D eigenvalue weighted by Gasteiger charge is -2.13. The fraction of sp³-hybridized carbons (Fsp3) is 0.0435. The third-order valence-electron chi connectivity index (χ3n) is 4.07. The summed E-state index contributed by atoms with van der Waals surface area (Å²) in [4.78, 5) is 8.99. The maximum atomic E-state index is 6.02. The summed E-state index contributed by atoms with van der Waals surface area (Å²) >= 11 is 0. The van der Waals surface area contributed by atoms with Crippen molar-refractivity contribution in [3.05, 3.63) is 103 Å². The number of para-hydroxylation sites is 2.